The number of primary amides is 2. The zero-order chi connectivity index (χ0) is 13.4. The Labute approximate surface area is 105 Å². The second-order valence-corrected chi connectivity index (χ2v) is 3.26. The number of pyridine rings is 2. The van der Waals surface area contributed by atoms with E-state index < -0.39 is 11.8 Å². The number of rotatable bonds is 2. The van der Waals surface area contributed by atoms with E-state index in [1.54, 1.807) is 42.9 Å². The summed E-state index contributed by atoms with van der Waals surface area (Å²) >= 11 is 0. The fourth-order valence-electron chi connectivity index (χ4n) is 1.06. The molecule has 0 aliphatic carbocycles. The molecule has 94 valence electrons. The topological polar surface area (TPSA) is 113 Å². The van der Waals surface area contributed by atoms with Crippen LogP contribution in [0.25, 0.3) is 0 Å². The van der Waals surface area contributed by atoms with Crippen molar-refractivity contribution in [2.24, 2.45) is 11.5 Å². The van der Waals surface area contributed by atoms with Gasteiger partial charge in [-0.3, -0.25) is 14.6 Å². The number of aromatic amines is 1. The van der Waals surface area contributed by atoms with E-state index in [2.05, 4.69) is 9.97 Å². The van der Waals surface area contributed by atoms with Gasteiger partial charge in [-0.25, -0.2) is 4.98 Å². The van der Waals surface area contributed by atoms with Gasteiger partial charge in [-0.05, 0) is 18.2 Å². The van der Waals surface area contributed by atoms with Gasteiger partial charge in [0.1, 0.15) is 5.56 Å². The van der Waals surface area contributed by atoms with Gasteiger partial charge in [0.15, 0.2) is 12.4 Å². The van der Waals surface area contributed by atoms with Gasteiger partial charge >= 0.3 is 0 Å². The Morgan fingerprint density at radius 2 is 1.78 bits per heavy atom. The third-order valence-corrected chi connectivity index (χ3v) is 1.94. The number of amides is 2. The minimum absolute atomic E-state index is 0. The van der Waals surface area contributed by atoms with Crippen LogP contribution in [0.2, 0.25) is 0 Å². The number of H-pyrrole nitrogens is 1. The quantitative estimate of drug-likeness (QED) is 0.781. The fraction of sp³-hybridized carbons (Fsp3) is 0. The predicted molar refractivity (Wildman–Crippen MR) is 66.4 cm³/mol. The number of nitrogens with one attached hydrogen (secondary N) is 1. The molecule has 0 aliphatic heterocycles. The molecule has 0 radical (unpaired) electrons. The summed E-state index contributed by atoms with van der Waals surface area (Å²) in [6, 6.07) is 6.66. The van der Waals surface area contributed by atoms with E-state index in [0.29, 0.717) is 11.1 Å². The van der Waals surface area contributed by atoms with E-state index in [-0.39, 0.29) is 1.43 Å². The zero-order valence-electron chi connectivity index (χ0n) is 9.54. The Kier molecular flexibility index (Phi) is 4.98. The molecule has 2 rings (SSSR count). The number of hydrogen-bond donors (Lipinski definition) is 2. The molecule has 0 spiro atoms. The molecule has 0 unspecified atom stereocenters. The number of hydrogen-bond acceptors (Lipinski definition) is 3. The van der Waals surface area contributed by atoms with E-state index >= 15 is 0 Å². The molecule has 0 aromatic carbocycles. The van der Waals surface area contributed by atoms with Crippen LogP contribution in [0.5, 0.6) is 0 Å². The van der Waals surface area contributed by atoms with Crippen LogP contribution in [0.15, 0.2) is 49.1 Å². The van der Waals surface area contributed by atoms with E-state index in [9.17, 15) is 9.59 Å². The largest absolute Gasteiger partial charge is 0.366 e. The Hall–Kier alpha value is -2.76. The van der Waals surface area contributed by atoms with Crippen LogP contribution in [0, 0.1) is 0 Å². The van der Waals surface area contributed by atoms with Crippen LogP contribution in [-0.2, 0) is 0 Å². The zero-order valence-corrected chi connectivity index (χ0v) is 9.54. The van der Waals surface area contributed by atoms with Crippen molar-refractivity contribution < 1.29 is 16.0 Å². The first kappa shape index (κ1) is 13.3. The summed E-state index contributed by atoms with van der Waals surface area (Å²) in [7, 11) is 0. The van der Waals surface area contributed by atoms with Crippen molar-refractivity contribution >= 4 is 11.8 Å². The third-order valence-electron chi connectivity index (χ3n) is 1.94. The highest BCUT2D eigenvalue weighted by Crippen LogP contribution is 1.91. The minimum atomic E-state index is -0.442. The molecular weight excluding hydrogens is 232 g/mol. The lowest BCUT2D eigenvalue weighted by atomic mass is 10.3. The molecule has 6 heteroatoms. The van der Waals surface area contributed by atoms with Crippen LogP contribution in [0.3, 0.4) is 0 Å². The molecule has 18 heavy (non-hydrogen) atoms. The molecule has 0 fully saturated rings. The molecule has 5 N–H and O–H groups in total. The summed E-state index contributed by atoms with van der Waals surface area (Å²) in [4.78, 5) is 27.2. The minimum Gasteiger partial charge on any atom is -0.366 e. The summed E-state index contributed by atoms with van der Waals surface area (Å²) in [5, 5.41) is 0. The summed E-state index contributed by atoms with van der Waals surface area (Å²) in [6.45, 7) is 0. The predicted octanol–water partition coefficient (Wildman–Crippen LogP) is 0.0261. The normalized spacial score (nSPS) is 8.89. The highest BCUT2D eigenvalue weighted by molar-refractivity contribution is 5.92. The Bertz CT molecular complexity index is 470. The van der Waals surface area contributed by atoms with Crippen molar-refractivity contribution in [2.75, 3.05) is 0 Å². The number of carbonyl (C=O) groups excluding carboxylic acids is 2. The second-order valence-electron chi connectivity index (χ2n) is 3.26. The van der Waals surface area contributed by atoms with Gasteiger partial charge in [-0.2, -0.15) is 0 Å². The van der Waals surface area contributed by atoms with Crippen molar-refractivity contribution in [3.8, 4) is 0 Å². The van der Waals surface area contributed by atoms with Gasteiger partial charge in [0.05, 0.1) is 5.56 Å². The van der Waals surface area contributed by atoms with Gasteiger partial charge in [0, 0.05) is 19.9 Å². The molecule has 2 heterocycles. The van der Waals surface area contributed by atoms with Gasteiger partial charge in [-0.15, -0.1) is 0 Å². The van der Waals surface area contributed by atoms with Crippen LogP contribution in [0.1, 0.15) is 22.1 Å². The van der Waals surface area contributed by atoms with Crippen LogP contribution < -0.4 is 16.5 Å². The van der Waals surface area contributed by atoms with Crippen molar-refractivity contribution in [1.82, 2.24) is 4.98 Å². The highest BCUT2D eigenvalue weighted by Gasteiger charge is 1.98. The first-order chi connectivity index (χ1) is 8.61. The Balaban J connectivity index is 0.000000324. The maximum atomic E-state index is 10.4. The van der Waals surface area contributed by atoms with Gasteiger partial charge in [0.25, 0.3) is 5.91 Å². The van der Waals surface area contributed by atoms with Crippen molar-refractivity contribution in [3.63, 3.8) is 0 Å². The standard InChI is InChI=1S/2C6H6N2O.H2/c2*7-6(9)5-2-1-3-8-4-5;/h2*1-4H,(H2,7,9);1H/p+1/i;;1+1. The smallest absolute Gasteiger partial charge is 0.254 e. The molecule has 0 saturated heterocycles. The average Bonchev–Trinajstić information content (AvgIpc) is 2.41. The second kappa shape index (κ2) is 6.74. The number of nitrogens with zero attached hydrogens (tertiary/aromatic N) is 1. The maximum absolute atomic E-state index is 10.4. The molecule has 2 amide bonds. The lowest BCUT2D eigenvalue weighted by molar-refractivity contribution is -0.378. The summed E-state index contributed by atoms with van der Waals surface area (Å²) in [5.74, 6) is -0.852. The average molecular weight is 248 g/mol. The molecule has 0 saturated carbocycles. The molecule has 0 atom stereocenters. The summed E-state index contributed by atoms with van der Waals surface area (Å²) in [5.41, 5.74) is 10.8. The Morgan fingerprint density at radius 3 is 2.11 bits per heavy atom. The van der Waals surface area contributed by atoms with E-state index in [0.717, 1.165) is 0 Å². The lowest BCUT2D eigenvalue weighted by Crippen LogP contribution is -2.14. The molecular formula is C12H15N4O2+. The van der Waals surface area contributed by atoms with E-state index in [1.165, 1.54) is 6.20 Å². The molecule has 6 nitrogen and oxygen atoms in total. The van der Waals surface area contributed by atoms with Crippen LogP contribution >= 0.6 is 0 Å². The van der Waals surface area contributed by atoms with E-state index in [1.807, 2.05) is 0 Å². The van der Waals surface area contributed by atoms with Crippen molar-refractivity contribution in [1.29, 1.82) is 0 Å². The number of nitrogens with two attached hydrogens (primary N) is 2. The first-order valence-electron chi connectivity index (χ1n) is 5.07. The third kappa shape index (κ3) is 4.40. The number of carbonyl (C=O) groups is 2. The molecule has 0 aliphatic rings. The number of aromatic nitrogens is 2. The van der Waals surface area contributed by atoms with Crippen LogP contribution in [-0.4, -0.2) is 16.8 Å². The first-order valence-corrected chi connectivity index (χ1v) is 5.07. The van der Waals surface area contributed by atoms with Crippen LogP contribution in [0.4, 0.5) is 0 Å². The molecule has 2 aromatic heterocycles. The van der Waals surface area contributed by atoms with Crippen molar-refractivity contribution in [3.05, 3.63) is 60.2 Å². The Morgan fingerprint density at radius 1 is 1.11 bits per heavy atom. The van der Waals surface area contributed by atoms with E-state index in [4.69, 9.17) is 11.5 Å². The lowest BCUT2D eigenvalue weighted by Gasteiger charge is -1.88. The van der Waals surface area contributed by atoms with Gasteiger partial charge < -0.3 is 11.5 Å². The fourth-order valence-corrected chi connectivity index (χ4v) is 1.06. The monoisotopic (exact) mass is 248 g/mol. The SMILES string of the molecule is NC(=O)c1ccc[nH+]c1.NC(=O)c1cccnc1.[2HH]. The summed E-state index contributed by atoms with van der Waals surface area (Å²) in [6.07, 6.45) is 6.30. The molecule has 0 bridgehead atoms. The summed E-state index contributed by atoms with van der Waals surface area (Å²) < 4.78 is 0. The highest BCUT2D eigenvalue weighted by atomic mass is 16.1. The maximum Gasteiger partial charge on any atom is 0.254 e. The van der Waals surface area contributed by atoms with Gasteiger partial charge in [0.2, 0.25) is 5.91 Å². The molecule has 2 aromatic rings. The van der Waals surface area contributed by atoms with Gasteiger partial charge in [-0.1, -0.05) is 0 Å². The van der Waals surface area contributed by atoms with Crippen molar-refractivity contribution in [2.45, 2.75) is 0 Å².